The van der Waals surface area contributed by atoms with E-state index in [4.69, 9.17) is 4.74 Å². The fourth-order valence-electron chi connectivity index (χ4n) is 10.5. The van der Waals surface area contributed by atoms with Crippen molar-refractivity contribution in [2.45, 2.75) is 122 Å². The third-order valence-corrected chi connectivity index (χ3v) is 12.5. The molecule has 3 saturated carbocycles. The number of carbonyl (C=O) groups is 2. The molecule has 2 unspecified atom stereocenters. The van der Waals surface area contributed by atoms with E-state index in [-0.39, 0.29) is 11.3 Å². The highest BCUT2D eigenvalue weighted by Crippen LogP contribution is 2.67. The quantitative estimate of drug-likeness (QED) is 0.299. The lowest BCUT2D eigenvalue weighted by Gasteiger charge is -2.58. The Balaban J connectivity index is 1.35. The van der Waals surface area contributed by atoms with E-state index >= 15 is 0 Å². The van der Waals surface area contributed by atoms with Gasteiger partial charge in [0.05, 0.1) is 24.7 Å². The Kier molecular flexibility index (Phi) is 8.48. The molecular weight excluding hydrogens is 510 g/mol. The standard InChI is InChI=1S/C32H51NO7/c1-17(15-21(30(38)39)29-26(33-18(2)35)28(37)27(36)25(16-34)40-29)22-10-11-23-20-9-8-19-7-5-6-13-31(19,3)24(20)12-14-32(22,23)4/h8,17,20-29,34,36-37H,5-7,9-16H2,1-4H3,(H,33,35)(H,38,39)/t17-,20+,21?,22-,23+,24+,25-,26-,27-,28-,29?,31+,32-/m1/s1. The SMILES string of the molecule is CC(=O)N[C@H]1C(C(C[C@@H](C)[C@H]2CC[C@H]3[C@@H]4CC=C5CCCC[C@]5(C)[C@H]4CC[C@]23C)C(=O)O)O[C@H](CO)[C@@H](O)[C@@H]1O. The van der Waals surface area contributed by atoms with E-state index in [0.29, 0.717) is 29.6 Å². The maximum atomic E-state index is 12.7. The number of allylic oxidation sites excluding steroid dienone is 2. The van der Waals surface area contributed by atoms with Crippen molar-refractivity contribution in [3.05, 3.63) is 11.6 Å². The molecule has 4 fully saturated rings. The van der Waals surface area contributed by atoms with E-state index in [2.05, 4.69) is 32.2 Å². The van der Waals surface area contributed by atoms with E-state index in [0.717, 1.165) is 12.3 Å². The van der Waals surface area contributed by atoms with Gasteiger partial charge in [0.2, 0.25) is 5.91 Å². The number of aliphatic hydroxyl groups is 3. The number of hydrogen-bond donors (Lipinski definition) is 5. The molecule has 226 valence electrons. The third kappa shape index (κ3) is 4.95. The summed E-state index contributed by atoms with van der Waals surface area (Å²) in [7, 11) is 0. The number of carboxylic acids is 1. The molecule has 5 rings (SSSR count). The van der Waals surface area contributed by atoms with E-state index in [1.165, 1.54) is 58.3 Å². The van der Waals surface area contributed by atoms with Gasteiger partial charge in [-0.15, -0.1) is 0 Å². The van der Waals surface area contributed by atoms with Crippen LogP contribution in [-0.2, 0) is 14.3 Å². The van der Waals surface area contributed by atoms with Crippen LogP contribution in [0.25, 0.3) is 0 Å². The van der Waals surface area contributed by atoms with Gasteiger partial charge in [0.1, 0.15) is 18.3 Å². The molecule has 1 amide bonds. The van der Waals surface area contributed by atoms with Crippen LogP contribution in [0.2, 0.25) is 0 Å². The second-order valence-electron chi connectivity index (χ2n) is 14.4. The van der Waals surface area contributed by atoms with Crippen LogP contribution >= 0.6 is 0 Å². The second-order valence-corrected chi connectivity index (χ2v) is 14.4. The minimum atomic E-state index is -1.44. The molecule has 1 aliphatic heterocycles. The molecule has 4 aliphatic carbocycles. The summed E-state index contributed by atoms with van der Waals surface area (Å²) < 4.78 is 5.92. The third-order valence-electron chi connectivity index (χ3n) is 12.5. The van der Waals surface area contributed by atoms with Crippen molar-refractivity contribution < 1.29 is 34.8 Å². The van der Waals surface area contributed by atoms with Crippen molar-refractivity contribution in [1.29, 1.82) is 0 Å². The molecule has 0 aromatic heterocycles. The molecule has 0 bridgehead atoms. The Hall–Kier alpha value is -1.48. The lowest BCUT2D eigenvalue weighted by molar-refractivity contribution is -0.212. The average Bonchev–Trinajstić information content (AvgIpc) is 3.27. The van der Waals surface area contributed by atoms with Crippen LogP contribution in [-0.4, -0.2) is 69.4 Å². The maximum Gasteiger partial charge on any atom is 0.309 e. The first-order chi connectivity index (χ1) is 18.9. The lowest BCUT2D eigenvalue weighted by atomic mass is 9.47. The Morgan fingerprint density at radius 1 is 1.10 bits per heavy atom. The first kappa shape index (κ1) is 30.0. The molecule has 1 heterocycles. The zero-order chi connectivity index (χ0) is 29.0. The summed E-state index contributed by atoms with van der Waals surface area (Å²) in [5.41, 5.74) is 2.23. The number of carboxylic acid groups (broad SMARTS) is 1. The van der Waals surface area contributed by atoms with Gasteiger partial charge in [-0.05, 0) is 98.2 Å². The normalized spacial score (nSPS) is 46.3. The van der Waals surface area contributed by atoms with Crippen molar-refractivity contribution in [2.75, 3.05) is 6.61 Å². The van der Waals surface area contributed by atoms with E-state index in [1.807, 2.05) is 0 Å². The van der Waals surface area contributed by atoms with Gasteiger partial charge in [-0.2, -0.15) is 0 Å². The predicted molar refractivity (Wildman–Crippen MR) is 150 cm³/mol. The number of nitrogens with one attached hydrogen (secondary N) is 1. The summed E-state index contributed by atoms with van der Waals surface area (Å²) in [5.74, 6) is 0.1000. The number of ether oxygens (including phenoxy) is 1. The van der Waals surface area contributed by atoms with Gasteiger partial charge in [0, 0.05) is 6.92 Å². The van der Waals surface area contributed by atoms with Crippen LogP contribution < -0.4 is 5.32 Å². The van der Waals surface area contributed by atoms with Crippen molar-refractivity contribution in [1.82, 2.24) is 5.32 Å². The Bertz CT molecular complexity index is 1000. The molecule has 5 aliphatic rings. The van der Waals surface area contributed by atoms with E-state index < -0.39 is 54.9 Å². The smallest absolute Gasteiger partial charge is 0.309 e. The highest BCUT2D eigenvalue weighted by atomic mass is 16.5. The van der Waals surface area contributed by atoms with Gasteiger partial charge in [-0.25, -0.2) is 0 Å². The monoisotopic (exact) mass is 561 g/mol. The van der Waals surface area contributed by atoms with Crippen molar-refractivity contribution in [2.24, 2.45) is 46.3 Å². The van der Waals surface area contributed by atoms with Gasteiger partial charge < -0.3 is 30.5 Å². The summed E-state index contributed by atoms with van der Waals surface area (Å²) in [6.45, 7) is 7.89. The molecule has 40 heavy (non-hydrogen) atoms. The van der Waals surface area contributed by atoms with Crippen molar-refractivity contribution in [3.63, 3.8) is 0 Å². The average molecular weight is 562 g/mol. The number of fused-ring (bicyclic) bond motifs is 5. The number of rotatable bonds is 7. The topological polar surface area (TPSA) is 136 Å². The minimum absolute atomic E-state index is 0.103. The summed E-state index contributed by atoms with van der Waals surface area (Å²) >= 11 is 0. The number of hydrogen-bond acceptors (Lipinski definition) is 6. The molecule has 0 spiro atoms. The highest BCUT2D eigenvalue weighted by molar-refractivity contribution is 5.74. The number of aliphatic carboxylic acids is 1. The summed E-state index contributed by atoms with van der Waals surface area (Å²) in [6.07, 6.45) is 9.03. The van der Waals surface area contributed by atoms with Crippen LogP contribution in [0.5, 0.6) is 0 Å². The van der Waals surface area contributed by atoms with Crippen LogP contribution in [0, 0.1) is 46.3 Å². The Morgan fingerprint density at radius 2 is 1.85 bits per heavy atom. The highest BCUT2D eigenvalue weighted by Gasteiger charge is 2.59. The van der Waals surface area contributed by atoms with E-state index in [9.17, 15) is 30.0 Å². The molecular formula is C32H51NO7. The molecule has 1 saturated heterocycles. The van der Waals surface area contributed by atoms with Gasteiger partial charge >= 0.3 is 5.97 Å². The van der Waals surface area contributed by atoms with Crippen LogP contribution in [0.1, 0.15) is 91.9 Å². The van der Waals surface area contributed by atoms with Gasteiger partial charge in [-0.3, -0.25) is 9.59 Å². The lowest BCUT2D eigenvalue weighted by Crippen LogP contribution is -2.66. The molecule has 8 heteroatoms. The van der Waals surface area contributed by atoms with Gasteiger partial charge in [0.15, 0.2) is 0 Å². The summed E-state index contributed by atoms with van der Waals surface area (Å²) in [6, 6.07) is -1.08. The van der Waals surface area contributed by atoms with Crippen LogP contribution in [0.3, 0.4) is 0 Å². The van der Waals surface area contributed by atoms with Crippen molar-refractivity contribution >= 4 is 11.9 Å². The second kappa shape index (κ2) is 11.3. The first-order valence-electron chi connectivity index (χ1n) is 15.7. The van der Waals surface area contributed by atoms with Gasteiger partial charge in [-0.1, -0.05) is 38.8 Å². The van der Waals surface area contributed by atoms with Crippen LogP contribution in [0.15, 0.2) is 11.6 Å². The maximum absolute atomic E-state index is 12.7. The zero-order valence-electron chi connectivity index (χ0n) is 24.7. The largest absolute Gasteiger partial charge is 0.481 e. The number of amides is 1. The number of aliphatic hydroxyl groups excluding tert-OH is 3. The Morgan fingerprint density at radius 3 is 2.52 bits per heavy atom. The van der Waals surface area contributed by atoms with Crippen molar-refractivity contribution in [3.8, 4) is 0 Å². The predicted octanol–water partition coefficient (Wildman–Crippen LogP) is 3.67. The van der Waals surface area contributed by atoms with Crippen LogP contribution in [0.4, 0.5) is 0 Å². The van der Waals surface area contributed by atoms with Gasteiger partial charge in [0.25, 0.3) is 0 Å². The summed E-state index contributed by atoms with van der Waals surface area (Å²) in [5, 5.41) is 44.0. The molecule has 0 radical (unpaired) electrons. The fraction of sp³-hybridized carbons (Fsp3) is 0.875. The first-order valence-corrected chi connectivity index (χ1v) is 15.7. The summed E-state index contributed by atoms with van der Waals surface area (Å²) in [4.78, 5) is 24.6. The fourth-order valence-corrected chi connectivity index (χ4v) is 10.5. The molecule has 0 aromatic carbocycles. The Labute approximate surface area is 238 Å². The molecule has 0 aromatic rings. The van der Waals surface area contributed by atoms with E-state index in [1.54, 1.807) is 5.57 Å². The zero-order valence-corrected chi connectivity index (χ0v) is 24.7. The molecule has 8 nitrogen and oxygen atoms in total. The molecule has 13 atom stereocenters. The number of carbonyl (C=O) groups excluding carboxylic acids is 1. The minimum Gasteiger partial charge on any atom is -0.481 e. The molecule has 5 N–H and O–H groups in total.